The van der Waals surface area contributed by atoms with Crippen LogP contribution in [0.5, 0.6) is 5.75 Å². The van der Waals surface area contributed by atoms with E-state index in [1.54, 1.807) is 0 Å². The molecule has 0 aliphatic carbocycles. The molecular formula is C22H25N5O3. The van der Waals surface area contributed by atoms with Crippen molar-refractivity contribution in [1.82, 2.24) is 10.3 Å². The fraction of sp³-hybridized carbons (Fsp3) is 0.227. The van der Waals surface area contributed by atoms with Crippen molar-refractivity contribution in [2.24, 2.45) is 10.7 Å². The first-order valence-electron chi connectivity index (χ1n) is 9.62. The molecule has 1 aromatic heterocycles. The number of oxazole rings is 1. The second-order valence-corrected chi connectivity index (χ2v) is 6.52. The summed E-state index contributed by atoms with van der Waals surface area (Å²) in [6.07, 6.45) is 1.54. The number of nitrogens with zero attached hydrogens (tertiary/aromatic N) is 2. The zero-order chi connectivity index (χ0) is 21.3. The molecule has 0 atom stereocenters. The Kier molecular flexibility index (Phi) is 7.05. The summed E-state index contributed by atoms with van der Waals surface area (Å²) in [5.41, 5.74) is 9.40. The Morgan fingerprint density at radius 3 is 2.87 bits per heavy atom. The number of carbonyl (C=O) groups is 1. The topological polar surface area (TPSA) is 115 Å². The molecule has 0 aliphatic rings. The van der Waals surface area contributed by atoms with E-state index in [1.165, 1.54) is 13.2 Å². The van der Waals surface area contributed by atoms with E-state index in [4.69, 9.17) is 14.9 Å². The van der Waals surface area contributed by atoms with Crippen LogP contribution in [-0.4, -0.2) is 23.5 Å². The summed E-state index contributed by atoms with van der Waals surface area (Å²) < 4.78 is 11.1. The normalized spacial score (nSPS) is 11.2. The summed E-state index contributed by atoms with van der Waals surface area (Å²) in [4.78, 5) is 19.8. The highest BCUT2D eigenvalue weighted by Crippen LogP contribution is 2.22. The maximum atomic E-state index is 11.1. The van der Waals surface area contributed by atoms with Gasteiger partial charge in [-0.15, -0.1) is 0 Å². The van der Waals surface area contributed by atoms with Crippen molar-refractivity contribution < 1.29 is 13.9 Å². The van der Waals surface area contributed by atoms with Gasteiger partial charge in [-0.1, -0.05) is 36.4 Å². The van der Waals surface area contributed by atoms with Crippen molar-refractivity contribution in [1.29, 1.82) is 0 Å². The van der Waals surface area contributed by atoms with Crippen LogP contribution in [-0.2, 0) is 17.9 Å². The third-order valence-electron chi connectivity index (χ3n) is 4.20. The molecule has 3 aromatic rings. The summed E-state index contributed by atoms with van der Waals surface area (Å²) in [6, 6.07) is 15.6. The SMILES string of the molecule is CCOc1ccccc1CN=C(N)Nc1nc(-c2cccc(CNC(C)=O)c2)co1. The molecule has 1 heterocycles. The smallest absolute Gasteiger partial charge is 0.302 e. The van der Waals surface area contributed by atoms with E-state index in [0.29, 0.717) is 25.4 Å². The van der Waals surface area contributed by atoms with Gasteiger partial charge < -0.3 is 20.2 Å². The van der Waals surface area contributed by atoms with E-state index >= 15 is 0 Å². The Balaban J connectivity index is 1.65. The molecule has 8 heteroatoms. The molecule has 1 amide bonds. The van der Waals surface area contributed by atoms with E-state index < -0.39 is 0 Å². The van der Waals surface area contributed by atoms with Crippen LogP contribution in [0.3, 0.4) is 0 Å². The number of guanidine groups is 1. The number of aromatic nitrogens is 1. The summed E-state index contributed by atoms with van der Waals surface area (Å²) in [6.45, 7) is 4.83. The van der Waals surface area contributed by atoms with Crippen LogP contribution in [0.25, 0.3) is 11.3 Å². The lowest BCUT2D eigenvalue weighted by Gasteiger charge is -2.08. The number of aliphatic imine (C=N–C) groups is 1. The van der Waals surface area contributed by atoms with Gasteiger partial charge in [0.2, 0.25) is 5.91 Å². The maximum Gasteiger partial charge on any atom is 0.302 e. The Morgan fingerprint density at radius 2 is 2.07 bits per heavy atom. The molecule has 0 saturated carbocycles. The van der Waals surface area contributed by atoms with Gasteiger partial charge in [-0.25, -0.2) is 4.99 Å². The minimum atomic E-state index is -0.0769. The van der Waals surface area contributed by atoms with Crippen molar-refractivity contribution in [3.05, 3.63) is 65.9 Å². The molecule has 3 rings (SSSR count). The molecule has 2 aromatic carbocycles. The fourth-order valence-corrected chi connectivity index (χ4v) is 2.78. The number of carbonyl (C=O) groups excluding carboxylic acids is 1. The molecule has 0 saturated heterocycles. The number of hydrogen-bond acceptors (Lipinski definition) is 5. The van der Waals surface area contributed by atoms with Crippen LogP contribution in [0.1, 0.15) is 25.0 Å². The summed E-state index contributed by atoms with van der Waals surface area (Å²) in [7, 11) is 0. The van der Waals surface area contributed by atoms with Crippen molar-refractivity contribution in [3.63, 3.8) is 0 Å². The molecule has 0 aliphatic heterocycles. The van der Waals surface area contributed by atoms with E-state index in [0.717, 1.165) is 22.4 Å². The average Bonchev–Trinajstić information content (AvgIpc) is 3.20. The highest BCUT2D eigenvalue weighted by molar-refractivity contribution is 5.90. The lowest BCUT2D eigenvalue weighted by atomic mass is 10.1. The average molecular weight is 407 g/mol. The van der Waals surface area contributed by atoms with Gasteiger partial charge in [0.1, 0.15) is 17.7 Å². The number of ether oxygens (including phenoxy) is 1. The van der Waals surface area contributed by atoms with Crippen molar-refractivity contribution in [2.75, 3.05) is 11.9 Å². The Labute approximate surface area is 175 Å². The number of rotatable bonds is 8. The first-order valence-corrected chi connectivity index (χ1v) is 9.62. The number of hydrogen-bond donors (Lipinski definition) is 3. The Bertz CT molecular complexity index is 1030. The summed E-state index contributed by atoms with van der Waals surface area (Å²) in [5.74, 6) is 0.898. The zero-order valence-electron chi connectivity index (χ0n) is 17.0. The lowest BCUT2D eigenvalue weighted by molar-refractivity contribution is -0.119. The molecule has 156 valence electrons. The van der Waals surface area contributed by atoms with Gasteiger partial charge in [0, 0.05) is 24.6 Å². The quantitative estimate of drug-likeness (QED) is 0.390. The predicted molar refractivity (Wildman–Crippen MR) is 116 cm³/mol. The molecular weight excluding hydrogens is 382 g/mol. The minimum Gasteiger partial charge on any atom is -0.494 e. The number of nitrogens with two attached hydrogens (primary N) is 1. The highest BCUT2D eigenvalue weighted by Gasteiger charge is 2.09. The first kappa shape index (κ1) is 20.9. The van der Waals surface area contributed by atoms with Crippen LogP contribution < -0.4 is 21.1 Å². The minimum absolute atomic E-state index is 0.0769. The molecule has 0 spiro atoms. The Morgan fingerprint density at radius 1 is 1.23 bits per heavy atom. The third kappa shape index (κ3) is 5.84. The molecule has 30 heavy (non-hydrogen) atoms. The summed E-state index contributed by atoms with van der Waals surface area (Å²) in [5, 5.41) is 5.64. The van der Waals surface area contributed by atoms with Crippen LogP contribution in [0.2, 0.25) is 0 Å². The van der Waals surface area contributed by atoms with E-state index in [1.807, 2.05) is 55.5 Å². The number of amides is 1. The number of nitrogens with one attached hydrogen (secondary N) is 2. The monoisotopic (exact) mass is 407 g/mol. The molecule has 0 unspecified atom stereocenters. The highest BCUT2D eigenvalue weighted by atomic mass is 16.5. The fourth-order valence-electron chi connectivity index (χ4n) is 2.78. The van der Waals surface area contributed by atoms with Gasteiger partial charge in [-0.05, 0) is 24.6 Å². The number of anilines is 1. The van der Waals surface area contributed by atoms with Crippen LogP contribution in [0.15, 0.2) is 64.2 Å². The van der Waals surface area contributed by atoms with Crippen molar-refractivity contribution in [2.45, 2.75) is 26.9 Å². The van der Waals surface area contributed by atoms with Crippen LogP contribution >= 0.6 is 0 Å². The number of benzene rings is 2. The Hall–Kier alpha value is -3.81. The van der Waals surface area contributed by atoms with Gasteiger partial charge >= 0.3 is 6.01 Å². The van der Waals surface area contributed by atoms with Gasteiger partial charge in [-0.3, -0.25) is 10.1 Å². The van der Waals surface area contributed by atoms with E-state index in [-0.39, 0.29) is 17.9 Å². The third-order valence-corrected chi connectivity index (χ3v) is 4.20. The predicted octanol–water partition coefficient (Wildman–Crippen LogP) is 3.30. The molecule has 0 bridgehead atoms. The maximum absolute atomic E-state index is 11.1. The largest absolute Gasteiger partial charge is 0.494 e. The van der Waals surface area contributed by atoms with E-state index in [2.05, 4.69) is 20.6 Å². The van der Waals surface area contributed by atoms with Gasteiger partial charge in [-0.2, -0.15) is 4.98 Å². The van der Waals surface area contributed by atoms with Crippen LogP contribution in [0.4, 0.5) is 6.01 Å². The molecule has 8 nitrogen and oxygen atoms in total. The van der Waals surface area contributed by atoms with Crippen LogP contribution in [0, 0.1) is 0 Å². The second kappa shape index (κ2) is 10.1. The standard InChI is InChI=1S/C22H25N5O3/c1-3-29-20-10-5-4-8-18(20)13-25-21(23)27-22-26-19(14-30-22)17-9-6-7-16(11-17)12-24-15(2)28/h4-11,14H,3,12-13H2,1-2H3,(H,24,28)(H3,23,25,26,27). The molecule has 4 N–H and O–H groups in total. The van der Waals surface area contributed by atoms with Crippen molar-refractivity contribution in [3.8, 4) is 17.0 Å². The van der Waals surface area contributed by atoms with Gasteiger partial charge in [0.05, 0.1) is 13.2 Å². The second-order valence-electron chi connectivity index (χ2n) is 6.52. The molecule has 0 radical (unpaired) electrons. The zero-order valence-corrected chi connectivity index (χ0v) is 17.0. The number of para-hydroxylation sites is 1. The van der Waals surface area contributed by atoms with E-state index in [9.17, 15) is 4.79 Å². The molecule has 0 fully saturated rings. The van der Waals surface area contributed by atoms with Crippen molar-refractivity contribution >= 4 is 17.9 Å². The summed E-state index contributed by atoms with van der Waals surface area (Å²) >= 11 is 0. The van der Waals surface area contributed by atoms with Gasteiger partial charge in [0.15, 0.2) is 5.96 Å². The van der Waals surface area contributed by atoms with Gasteiger partial charge in [0.25, 0.3) is 0 Å². The first-order chi connectivity index (χ1) is 14.5. The lowest BCUT2D eigenvalue weighted by Crippen LogP contribution is -2.22.